The van der Waals surface area contributed by atoms with Crippen LogP contribution in [0.25, 0.3) is 0 Å². The standard InChI is InChI=1S/C40H78O5/c1-2-3-4-5-6-7-8-9-10-11-12-13-14-15-16-17-18-19-20-21-22-23-24-25-26-27-28-29-30-31-32-33-34-35-36-39(43)45-40(44)38(42)37-41/h38,41-42H,2-37H2,1H3. The Morgan fingerprint density at radius 2 is 0.644 bits per heavy atom. The van der Waals surface area contributed by atoms with E-state index in [2.05, 4.69) is 11.7 Å². The highest BCUT2D eigenvalue weighted by Crippen LogP contribution is 2.17. The lowest BCUT2D eigenvalue weighted by molar-refractivity contribution is -0.167. The molecule has 268 valence electrons. The molecule has 0 aromatic rings. The number of unbranched alkanes of at least 4 members (excludes halogenated alkanes) is 33. The number of hydrogen-bond acceptors (Lipinski definition) is 5. The monoisotopic (exact) mass is 639 g/mol. The molecule has 0 spiro atoms. The molecule has 0 heterocycles. The average molecular weight is 639 g/mol. The Labute approximate surface area is 280 Å². The van der Waals surface area contributed by atoms with Crippen molar-refractivity contribution in [2.24, 2.45) is 0 Å². The molecule has 0 rings (SSSR count). The van der Waals surface area contributed by atoms with Crippen LogP contribution in [0.2, 0.25) is 0 Å². The van der Waals surface area contributed by atoms with Gasteiger partial charge in [0.05, 0.1) is 6.61 Å². The Morgan fingerprint density at radius 1 is 0.422 bits per heavy atom. The molecule has 45 heavy (non-hydrogen) atoms. The van der Waals surface area contributed by atoms with E-state index in [0.717, 1.165) is 12.8 Å². The van der Waals surface area contributed by atoms with Crippen molar-refractivity contribution in [2.75, 3.05) is 6.61 Å². The second-order valence-electron chi connectivity index (χ2n) is 13.9. The molecule has 5 nitrogen and oxygen atoms in total. The second kappa shape index (κ2) is 37.5. The van der Waals surface area contributed by atoms with Crippen LogP contribution in [-0.2, 0) is 14.3 Å². The van der Waals surface area contributed by atoms with Crippen LogP contribution in [0.15, 0.2) is 0 Å². The Kier molecular flexibility index (Phi) is 36.7. The van der Waals surface area contributed by atoms with Crippen molar-refractivity contribution in [3.05, 3.63) is 0 Å². The fourth-order valence-electron chi connectivity index (χ4n) is 6.31. The number of hydrogen-bond donors (Lipinski definition) is 2. The number of ether oxygens (including phenoxy) is 1. The lowest BCUT2D eigenvalue weighted by Gasteiger charge is -2.06. The minimum Gasteiger partial charge on any atom is -0.393 e. The summed E-state index contributed by atoms with van der Waals surface area (Å²) in [6.07, 6.45) is 45.3. The van der Waals surface area contributed by atoms with Crippen LogP contribution in [0.5, 0.6) is 0 Å². The summed E-state index contributed by atoms with van der Waals surface area (Å²) >= 11 is 0. The zero-order valence-electron chi connectivity index (χ0n) is 30.2. The molecule has 0 aliphatic heterocycles. The Hall–Kier alpha value is -0.940. The molecule has 1 atom stereocenters. The van der Waals surface area contributed by atoms with Crippen molar-refractivity contribution in [2.45, 2.75) is 238 Å². The lowest BCUT2D eigenvalue weighted by atomic mass is 10.0. The van der Waals surface area contributed by atoms with Gasteiger partial charge in [-0.25, -0.2) is 4.79 Å². The van der Waals surface area contributed by atoms with Gasteiger partial charge in [-0.3, -0.25) is 4.79 Å². The molecule has 0 radical (unpaired) electrons. The fraction of sp³-hybridized carbons (Fsp3) is 0.950. The van der Waals surface area contributed by atoms with Gasteiger partial charge in [-0.1, -0.05) is 219 Å². The van der Waals surface area contributed by atoms with Crippen molar-refractivity contribution >= 4 is 11.9 Å². The summed E-state index contributed by atoms with van der Waals surface area (Å²) in [5.41, 5.74) is 0. The first kappa shape index (κ1) is 44.1. The molecule has 0 aromatic carbocycles. The zero-order chi connectivity index (χ0) is 32.9. The fourth-order valence-corrected chi connectivity index (χ4v) is 6.31. The van der Waals surface area contributed by atoms with Crippen LogP contribution < -0.4 is 0 Å². The minimum absolute atomic E-state index is 0.184. The number of rotatable bonds is 37. The molecule has 0 aliphatic rings. The summed E-state index contributed by atoms with van der Waals surface area (Å²) in [6, 6.07) is 0. The number of carbonyl (C=O) groups is 2. The van der Waals surface area contributed by atoms with Gasteiger partial charge < -0.3 is 14.9 Å². The molecular formula is C40H78O5. The summed E-state index contributed by atoms with van der Waals surface area (Å²) in [6.45, 7) is 1.57. The zero-order valence-corrected chi connectivity index (χ0v) is 30.2. The van der Waals surface area contributed by atoms with E-state index in [1.807, 2.05) is 0 Å². The number of aliphatic hydroxyl groups is 2. The van der Waals surface area contributed by atoms with Gasteiger partial charge in [0.15, 0.2) is 6.10 Å². The van der Waals surface area contributed by atoms with Crippen LogP contribution in [0.4, 0.5) is 0 Å². The molecule has 2 N–H and O–H groups in total. The first-order valence-corrected chi connectivity index (χ1v) is 20.1. The van der Waals surface area contributed by atoms with Gasteiger partial charge in [0, 0.05) is 6.42 Å². The van der Waals surface area contributed by atoms with Gasteiger partial charge in [-0.15, -0.1) is 0 Å². The summed E-state index contributed by atoms with van der Waals surface area (Å²) in [5, 5.41) is 17.8. The summed E-state index contributed by atoms with van der Waals surface area (Å²) in [7, 11) is 0. The Balaban J connectivity index is 3.13. The number of carbonyl (C=O) groups excluding carboxylic acids is 2. The molecule has 0 aromatic heterocycles. The topological polar surface area (TPSA) is 83.8 Å². The predicted molar refractivity (Wildman–Crippen MR) is 191 cm³/mol. The van der Waals surface area contributed by atoms with Gasteiger partial charge in [-0.2, -0.15) is 0 Å². The molecule has 0 aliphatic carbocycles. The Morgan fingerprint density at radius 3 is 0.867 bits per heavy atom. The molecule has 0 bridgehead atoms. The van der Waals surface area contributed by atoms with Gasteiger partial charge in [0.2, 0.25) is 0 Å². The predicted octanol–water partition coefficient (Wildman–Crippen LogP) is 12.1. The first-order valence-electron chi connectivity index (χ1n) is 20.1. The van der Waals surface area contributed by atoms with E-state index in [1.165, 1.54) is 199 Å². The van der Waals surface area contributed by atoms with Crippen LogP contribution >= 0.6 is 0 Å². The summed E-state index contributed by atoms with van der Waals surface area (Å²) in [4.78, 5) is 22.7. The third-order valence-corrected chi connectivity index (χ3v) is 9.39. The van der Waals surface area contributed by atoms with E-state index in [4.69, 9.17) is 10.2 Å². The lowest BCUT2D eigenvalue weighted by Crippen LogP contribution is -2.28. The maximum absolute atomic E-state index is 11.5. The van der Waals surface area contributed by atoms with E-state index >= 15 is 0 Å². The quantitative estimate of drug-likeness (QED) is 0.0402. The van der Waals surface area contributed by atoms with E-state index < -0.39 is 24.6 Å². The molecular weight excluding hydrogens is 560 g/mol. The summed E-state index contributed by atoms with van der Waals surface area (Å²) < 4.78 is 4.49. The smallest absolute Gasteiger partial charge is 0.345 e. The van der Waals surface area contributed by atoms with Crippen molar-refractivity contribution in [3.63, 3.8) is 0 Å². The number of aliphatic hydroxyl groups excluding tert-OH is 2. The Bertz CT molecular complexity index is 607. The maximum atomic E-state index is 11.5. The van der Waals surface area contributed by atoms with Crippen molar-refractivity contribution < 1.29 is 24.5 Å². The summed E-state index contributed by atoms with van der Waals surface area (Å²) in [5.74, 6) is -1.69. The van der Waals surface area contributed by atoms with E-state index in [-0.39, 0.29) is 6.42 Å². The highest BCUT2D eigenvalue weighted by atomic mass is 16.6. The van der Waals surface area contributed by atoms with Crippen molar-refractivity contribution in [1.29, 1.82) is 0 Å². The molecule has 0 saturated carbocycles. The average Bonchev–Trinajstić information content (AvgIpc) is 3.04. The molecule has 5 heteroatoms. The van der Waals surface area contributed by atoms with Crippen LogP contribution in [0.3, 0.4) is 0 Å². The largest absolute Gasteiger partial charge is 0.393 e. The SMILES string of the molecule is CCCCCCCCCCCCCCCCCCCCCCCCCCCCCCCCCCCCC(=O)OC(=O)C(O)CO. The number of esters is 2. The third kappa shape index (κ3) is 35.8. The second-order valence-corrected chi connectivity index (χ2v) is 13.9. The first-order chi connectivity index (χ1) is 22.1. The van der Waals surface area contributed by atoms with E-state index in [0.29, 0.717) is 6.42 Å². The maximum Gasteiger partial charge on any atom is 0.345 e. The molecule has 0 amide bonds. The van der Waals surface area contributed by atoms with Gasteiger partial charge in [-0.05, 0) is 6.42 Å². The van der Waals surface area contributed by atoms with Crippen molar-refractivity contribution in [3.8, 4) is 0 Å². The molecule has 1 unspecified atom stereocenters. The van der Waals surface area contributed by atoms with Gasteiger partial charge in [0.25, 0.3) is 0 Å². The van der Waals surface area contributed by atoms with Crippen LogP contribution in [0, 0.1) is 0 Å². The van der Waals surface area contributed by atoms with Gasteiger partial charge >= 0.3 is 11.9 Å². The normalized spacial score (nSPS) is 12.1. The van der Waals surface area contributed by atoms with E-state index in [1.54, 1.807) is 0 Å². The molecule has 0 saturated heterocycles. The van der Waals surface area contributed by atoms with Crippen LogP contribution in [0.1, 0.15) is 232 Å². The minimum atomic E-state index is -1.63. The highest BCUT2D eigenvalue weighted by Gasteiger charge is 2.18. The third-order valence-electron chi connectivity index (χ3n) is 9.39. The highest BCUT2D eigenvalue weighted by molar-refractivity contribution is 5.87. The van der Waals surface area contributed by atoms with E-state index in [9.17, 15) is 9.59 Å². The molecule has 0 fully saturated rings. The van der Waals surface area contributed by atoms with Crippen molar-refractivity contribution in [1.82, 2.24) is 0 Å². The van der Waals surface area contributed by atoms with Crippen LogP contribution in [-0.4, -0.2) is 34.9 Å². The van der Waals surface area contributed by atoms with Gasteiger partial charge in [0.1, 0.15) is 0 Å².